The fourth-order valence-corrected chi connectivity index (χ4v) is 3.58. The fraction of sp³-hybridized carbons (Fsp3) is 0.231. The number of anilines is 1. The van der Waals surface area contributed by atoms with Crippen molar-refractivity contribution in [2.75, 3.05) is 26.1 Å². The number of carbonyl (C=O) groups excluding carboxylic acids is 3. The molecule has 0 aliphatic carbocycles. The summed E-state index contributed by atoms with van der Waals surface area (Å²) in [4.78, 5) is 48.8. The molecule has 1 heterocycles. The van der Waals surface area contributed by atoms with Gasteiger partial charge in [-0.15, -0.1) is 0 Å². The second-order valence-electron chi connectivity index (χ2n) is 8.02. The Kier molecular flexibility index (Phi) is 8.51. The molecule has 4 N–H and O–H groups in total. The van der Waals surface area contributed by atoms with Crippen LogP contribution in [-0.4, -0.2) is 48.8 Å². The van der Waals surface area contributed by atoms with E-state index in [4.69, 9.17) is 9.15 Å². The number of hydrogen-bond acceptors (Lipinski definition) is 9. The van der Waals surface area contributed by atoms with Gasteiger partial charge < -0.3 is 34.7 Å². The molecule has 37 heavy (non-hydrogen) atoms. The third-order valence-corrected chi connectivity index (χ3v) is 5.42. The molecule has 0 bridgehead atoms. The average Bonchev–Trinajstić information content (AvgIpc) is 2.88. The number of aryl methyl sites for hydroxylation is 1. The highest BCUT2D eigenvalue weighted by Gasteiger charge is 2.27. The first kappa shape index (κ1) is 26.8. The highest BCUT2D eigenvalue weighted by Crippen LogP contribution is 2.37. The van der Waals surface area contributed by atoms with Gasteiger partial charge in [-0.2, -0.15) is 0 Å². The highest BCUT2D eigenvalue weighted by molar-refractivity contribution is 5.95. The first-order chi connectivity index (χ1) is 17.6. The van der Waals surface area contributed by atoms with E-state index < -0.39 is 34.9 Å². The molecule has 0 unspecified atom stereocenters. The summed E-state index contributed by atoms with van der Waals surface area (Å²) in [5.74, 6) is -3.12. The van der Waals surface area contributed by atoms with Gasteiger partial charge in [0.2, 0.25) is 23.0 Å². The second kappa shape index (κ2) is 11.8. The van der Waals surface area contributed by atoms with Crippen LogP contribution in [0.2, 0.25) is 0 Å². The average molecular weight is 510 g/mol. The van der Waals surface area contributed by atoms with Gasteiger partial charge in [-0.1, -0.05) is 6.07 Å². The number of phenols is 1. The summed E-state index contributed by atoms with van der Waals surface area (Å²) in [6.45, 7) is 1.16. The first-order valence-electron chi connectivity index (χ1n) is 11.1. The normalized spacial score (nSPS) is 11.3. The van der Waals surface area contributed by atoms with Crippen LogP contribution >= 0.6 is 0 Å². The standard InChI is InChI=1S/C26H26N2O9/c1-14-10-20(30)24(33)25(37-14)18(16-6-9-19(29)21(11-16)35-2)12-22(31)27-13-23(32)28-17-7-4-15(5-8-17)26(34)36-3/h4-11,18,29,33H,12-13H2,1-3H3,(H,27,31)(H,28,32)/t18-/m0/s1. The number of esters is 1. The van der Waals surface area contributed by atoms with Gasteiger partial charge in [0.1, 0.15) is 5.76 Å². The molecule has 3 aromatic rings. The largest absolute Gasteiger partial charge is 0.504 e. The van der Waals surface area contributed by atoms with Crippen LogP contribution in [0.25, 0.3) is 0 Å². The van der Waals surface area contributed by atoms with Crippen LogP contribution in [0.5, 0.6) is 17.2 Å². The van der Waals surface area contributed by atoms with Crippen LogP contribution in [0.3, 0.4) is 0 Å². The van der Waals surface area contributed by atoms with Crippen molar-refractivity contribution in [3.63, 3.8) is 0 Å². The van der Waals surface area contributed by atoms with Crippen molar-refractivity contribution in [2.24, 2.45) is 0 Å². The number of aromatic hydroxyl groups is 2. The van der Waals surface area contributed by atoms with E-state index in [0.717, 1.165) is 6.07 Å². The summed E-state index contributed by atoms with van der Waals surface area (Å²) in [7, 11) is 2.61. The molecule has 2 aromatic carbocycles. The molecule has 0 saturated carbocycles. The SMILES string of the molecule is COC(=O)c1ccc(NC(=O)CNC(=O)C[C@@H](c2ccc(O)c(OC)c2)c2oc(C)cc(=O)c2O)cc1. The van der Waals surface area contributed by atoms with Gasteiger partial charge >= 0.3 is 5.97 Å². The van der Waals surface area contributed by atoms with Crippen molar-refractivity contribution in [1.82, 2.24) is 5.32 Å². The summed E-state index contributed by atoms with van der Waals surface area (Å²) >= 11 is 0. The van der Waals surface area contributed by atoms with Crippen molar-refractivity contribution >= 4 is 23.5 Å². The molecule has 0 radical (unpaired) electrons. The zero-order valence-corrected chi connectivity index (χ0v) is 20.4. The van der Waals surface area contributed by atoms with Gasteiger partial charge in [-0.05, 0) is 48.9 Å². The van der Waals surface area contributed by atoms with Gasteiger partial charge in [-0.25, -0.2) is 4.79 Å². The van der Waals surface area contributed by atoms with Crippen molar-refractivity contribution in [3.05, 3.63) is 81.4 Å². The minimum Gasteiger partial charge on any atom is -0.504 e. The Hall–Kier alpha value is -4.80. The Labute approximate surface area is 211 Å². The summed E-state index contributed by atoms with van der Waals surface area (Å²) < 4.78 is 15.4. The molecule has 11 nitrogen and oxygen atoms in total. The highest BCUT2D eigenvalue weighted by atomic mass is 16.5. The molecule has 0 fully saturated rings. The minimum absolute atomic E-state index is 0.120. The van der Waals surface area contributed by atoms with E-state index in [1.54, 1.807) is 0 Å². The Balaban J connectivity index is 1.75. The number of benzene rings is 2. The Bertz CT molecular complexity index is 1360. The van der Waals surface area contributed by atoms with Gasteiger partial charge in [0.25, 0.3) is 0 Å². The number of nitrogens with one attached hydrogen (secondary N) is 2. The summed E-state index contributed by atoms with van der Waals surface area (Å²) in [5.41, 5.74) is 0.473. The lowest BCUT2D eigenvalue weighted by atomic mass is 9.91. The summed E-state index contributed by atoms with van der Waals surface area (Å²) in [6.07, 6.45) is -0.297. The van der Waals surface area contributed by atoms with Gasteiger partial charge in [0.15, 0.2) is 17.3 Å². The van der Waals surface area contributed by atoms with Crippen molar-refractivity contribution < 1.29 is 38.5 Å². The Morgan fingerprint density at radius 1 is 1.00 bits per heavy atom. The minimum atomic E-state index is -0.934. The maximum absolute atomic E-state index is 12.8. The number of ether oxygens (including phenoxy) is 2. The molecule has 1 aromatic heterocycles. The summed E-state index contributed by atoms with van der Waals surface area (Å²) in [5, 5.41) is 25.4. The van der Waals surface area contributed by atoms with Crippen LogP contribution in [0.1, 0.15) is 39.8 Å². The Morgan fingerprint density at radius 3 is 2.35 bits per heavy atom. The predicted molar refractivity (Wildman–Crippen MR) is 132 cm³/mol. The number of hydrogen-bond donors (Lipinski definition) is 4. The number of rotatable bonds is 9. The van der Waals surface area contributed by atoms with Crippen LogP contribution in [0.4, 0.5) is 5.69 Å². The number of carbonyl (C=O) groups is 3. The maximum Gasteiger partial charge on any atom is 0.337 e. The van der Waals surface area contributed by atoms with E-state index in [1.807, 2.05) is 0 Å². The van der Waals surface area contributed by atoms with Crippen molar-refractivity contribution in [3.8, 4) is 17.2 Å². The fourth-order valence-electron chi connectivity index (χ4n) is 3.58. The molecular weight excluding hydrogens is 484 g/mol. The van der Waals surface area contributed by atoms with Crippen LogP contribution in [0.15, 0.2) is 57.7 Å². The predicted octanol–water partition coefficient (Wildman–Crippen LogP) is 2.43. The molecule has 0 saturated heterocycles. The first-order valence-corrected chi connectivity index (χ1v) is 11.1. The molecule has 194 valence electrons. The van der Waals surface area contributed by atoms with Crippen molar-refractivity contribution in [1.29, 1.82) is 0 Å². The molecule has 0 spiro atoms. The van der Waals surface area contributed by atoms with Gasteiger partial charge in [0.05, 0.1) is 32.2 Å². The lowest BCUT2D eigenvalue weighted by Gasteiger charge is -2.19. The van der Waals surface area contributed by atoms with Crippen LogP contribution in [-0.2, 0) is 14.3 Å². The second-order valence-corrected chi connectivity index (χ2v) is 8.02. The van der Waals surface area contributed by atoms with E-state index in [2.05, 4.69) is 15.4 Å². The van der Waals surface area contributed by atoms with E-state index in [1.165, 1.54) is 63.6 Å². The lowest BCUT2D eigenvalue weighted by Crippen LogP contribution is -2.33. The monoisotopic (exact) mass is 510 g/mol. The van der Waals surface area contributed by atoms with E-state index in [0.29, 0.717) is 16.8 Å². The Morgan fingerprint density at radius 2 is 1.70 bits per heavy atom. The summed E-state index contributed by atoms with van der Waals surface area (Å²) in [6, 6.07) is 11.4. The molecule has 11 heteroatoms. The lowest BCUT2D eigenvalue weighted by molar-refractivity contribution is -0.124. The van der Waals surface area contributed by atoms with Crippen molar-refractivity contribution in [2.45, 2.75) is 19.3 Å². The van der Waals surface area contributed by atoms with Crippen LogP contribution in [0, 0.1) is 6.92 Å². The molecule has 0 aliphatic rings. The third-order valence-electron chi connectivity index (χ3n) is 5.42. The number of methoxy groups -OCH3 is 2. The van der Waals surface area contributed by atoms with Gasteiger partial charge in [-0.3, -0.25) is 14.4 Å². The smallest absolute Gasteiger partial charge is 0.337 e. The molecule has 3 rings (SSSR count). The zero-order valence-electron chi connectivity index (χ0n) is 20.4. The quantitative estimate of drug-likeness (QED) is 0.316. The van der Waals surface area contributed by atoms with Crippen LogP contribution < -0.4 is 20.8 Å². The topological polar surface area (TPSA) is 164 Å². The van der Waals surface area contributed by atoms with E-state index in [-0.39, 0.29) is 36.0 Å². The third kappa shape index (κ3) is 6.66. The van der Waals surface area contributed by atoms with E-state index >= 15 is 0 Å². The van der Waals surface area contributed by atoms with E-state index in [9.17, 15) is 29.4 Å². The molecule has 2 amide bonds. The molecule has 1 atom stereocenters. The zero-order chi connectivity index (χ0) is 27.1. The molecule has 0 aliphatic heterocycles. The number of phenolic OH excluding ortho intramolecular Hbond substituents is 1. The maximum atomic E-state index is 12.8. The van der Waals surface area contributed by atoms with Gasteiger partial charge in [0, 0.05) is 18.2 Å². The number of amides is 2. The molecular formula is C26H26N2O9.